The molecule has 0 unspecified atom stereocenters. The van der Waals surface area contributed by atoms with Crippen LogP contribution in [0.15, 0.2) is 16.5 Å². The van der Waals surface area contributed by atoms with Gasteiger partial charge in [-0.05, 0) is 61.8 Å². The van der Waals surface area contributed by atoms with Gasteiger partial charge in [-0.25, -0.2) is 0 Å². The Balaban J connectivity index is 1.53. The first-order valence-electron chi connectivity index (χ1n) is 6.98. The third-order valence-electron chi connectivity index (χ3n) is 5.08. The molecule has 4 aliphatic rings. The summed E-state index contributed by atoms with van der Waals surface area (Å²) in [6.45, 7) is 0. The van der Waals surface area contributed by atoms with Gasteiger partial charge in [0.1, 0.15) is 12.2 Å². The molecule has 1 aromatic heterocycles. The van der Waals surface area contributed by atoms with Gasteiger partial charge in [0.05, 0.1) is 0 Å². The van der Waals surface area contributed by atoms with E-state index in [0.717, 1.165) is 23.7 Å². The quantitative estimate of drug-likeness (QED) is 0.800. The topological polar surface area (TPSA) is 46.2 Å². The summed E-state index contributed by atoms with van der Waals surface area (Å²) in [5.74, 6) is 4.23. The lowest BCUT2D eigenvalue weighted by molar-refractivity contribution is -0.0861. The van der Waals surface area contributed by atoms with Crippen molar-refractivity contribution in [2.75, 3.05) is 0 Å². The van der Waals surface area contributed by atoms with Gasteiger partial charge in [-0.2, -0.15) is 5.26 Å². The fourth-order valence-electron chi connectivity index (χ4n) is 4.65. The third kappa shape index (κ3) is 1.55. The van der Waals surface area contributed by atoms with Gasteiger partial charge in [0.15, 0.2) is 0 Å². The molecule has 4 aliphatic carbocycles. The molecule has 18 heavy (non-hydrogen) atoms. The number of ether oxygens (including phenoxy) is 1. The Kier molecular flexibility index (Phi) is 2.20. The minimum absolute atomic E-state index is 0.329. The van der Waals surface area contributed by atoms with Gasteiger partial charge in [-0.15, -0.1) is 0 Å². The Labute approximate surface area is 107 Å². The molecule has 4 fully saturated rings. The van der Waals surface area contributed by atoms with Gasteiger partial charge in [-0.1, -0.05) is 0 Å². The van der Waals surface area contributed by atoms with E-state index in [1.165, 1.54) is 32.1 Å². The van der Waals surface area contributed by atoms with Crippen molar-refractivity contribution in [3.05, 3.63) is 17.9 Å². The third-order valence-corrected chi connectivity index (χ3v) is 5.08. The molecule has 0 aromatic carbocycles. The summed E-state index contributed by atoms with van der Waals surface area (Å²) in [7, 11) is 0. The summed E-state index contributed by atoms with van der Waals surface area (Å²) in [6.07, 6.45) is 7.13. The van der Waals surface area contributed by atoms with Crippen molar-refractivity contribution in [1.82, 2.24) is 0 Å². The number of hydrogen-bond donors (Lipinski definition) is 0. The summed E-state index contributed by atoms with van der Waals surface area (Å²) < 4.78 is 11.4. The molecule has 5 rings (SSSR count). The van der Waals surface area contributed by atoms with Crippen LogP contribution in [0.3, 0.4) is 0 Å². The Morgan fingerprint density at radius 2 is 1.72 bits per heavy atom. The van der Waals surface area contributed by atoms with Gasteiger partial charge in [0.25, 0.3) is 5.95 Å². The van der Waals surface area contributed by atoms with E-state index >= 15 is 0 Å². The minimum Gasteiger partial charge on any atom is -0.461 e. The summed E-state index contributed by atoms with van der Waals surface area (Å²) in [6, 6.07) is 5.47. The molecule has 0 saturated heterocycles. The summed E-state index contributed by atoms with van der Waals surface area (Å²) in [5.41, 5.74) is 0. The zero-order chi connectivity index (χ0) is 12.1. The van der Waals surface area contributed by atoms with Crippen LogP contribution in [-0.2, 0) is 0 Å². The van der Waals surface area contributed by atoms with E-state index in [-0.39, 0.29) is 0 Å². The predicted octanol–water partition coefficient (Wildman–Crippen LogP) is 3.35. The molecule has 94 valence electrons. The Morgan fingerprint density at radius 1 is 1.06 bits per heavy atom. The molecule has 0 atom stereocenters. The molecule has 4 saturated carbocycles. The second-order valence-electron chi connectivity index (χ2n) is 6.24. The van der Waals surface area contributed by atoms with E-state index in [1.807, 2.05) is 6.07 Å². The molecule has 1 aromatic rings. The fourth-order valence-corrected chi connectivity index (χ4v) is 4.65. The molecule has 0 aliphatic heterocycles. The molecule has 1 heterocycles. The zero-order valence-electron chi connectivity index (χ0n) is 10.3. The smallest absolute Gasteiger partial charge is 0.285 e. The molecule has 0 spiro atoms. The molecule has 4 bridgehead atoms. The molecule has 3 nitrogen and oxygen atoms in total. The van der Waals surface area contributed by atoms with E-state index in [9.17, 15) is 0 Å². The van der Waals surface area contributed by atoms with E-state index in [2.05, 4.69) is 0 Å². The predicted molar refractivity (Wildman–Crippen MR) is 64.9 cm³/mol. The number of nitriles is 1. The van der Waals surface area contributed by atoms with Crippen molar-refractivity contribution in [3.63, 3.8) is 0 Å². The number of nitrogens with zero attached hydrogens (tertiary/aromatic N) is 1. The van der Waals surface area contributed by atoms with Crippen LogP contribution in [-0.4, -0.2) is 6.10 Å². The molecular weight excluding hydrogens is 226 g/mol. The highest BCUT2D eigenvalue weighted by Crippen LogP contribution is 2.54. The summed E-state index contributed by atoms with van der Waals surface area (Å²) in [4.78, 5) is 0. The van der Waals surface area contributed by atoms with Crippen LogP contribution >= 0.6 is 0 Å². The molecule has 0 amide bonds. The Morgan fingerprint density at radius 3 is 2.28 bits per heavy atom. The lowest BCUT2D eigenvalue weighted by atomic mass is 9.55. The summed E-state index contributed by atoms with van der Waals surface area (Å²) >= 11 is 0. The second-order valence-corrected chi connectivity index (χ2v) is 6.24. The van der Waals surface area contributed by atoms with Crippen molar-refractivity contribution in [2.45, 2.75) is 38.2 Å². The highest BCUT2D eigenvalue weighted by Gasteiger charge is 2.49. The average molecular weight is 243 g/mol. The van der Waals surface area contributed by atoms with Crippen LogP contribution in [0.25, 0.3) is 0 Å². The summed E-state index contributed by atoms with van der Waals surface area (Å²) in [5, 5.41) is 8.76. The van der Waals surface area contributed by atoms with E-state index in [0.29, 0.717) is 17.8 Å². The van der Waals surface area contributed by atoms with E-state index in [4.69, 9.17) is 14.4 Å². The zero-order valence-corrected chi connectivity index (χ0v) is 10.3. The largest absolute Gasteiger partial charge is 0.461 e. The Bertz CT molecular complexity index is 471. The maximum Gasteiger partial charge on any atom is 0.285 e. The van der Waals surface area contributed by atoms with Crippen LogP contribution in [0.5, 0.6) is 5.95 Å². The maximum absolute atomic E-state index is 8.76. The molecular formula is C15H17NO2. The van der Waals surface area contributed by atoms with Crippen molar-refractivity contribution >= 4 is 0 Å². The molecule has 0 N–H and O–H groups in total. The van der Waals surface area contributed by atoms with Crippen molar-refractivity contribution in [1.29, 1.82) is 5.26 Å². The first kappa shape index (κ1) is 10.5. The van der Waals surface area contributed by atoms with Gasteiger partial charge in [-0.3, -0.25) is 0 Å². The first-order chi connectivity index (χ1) is 8.81. The second kappa shape index (κ2) is 3.78. The highest BCUT2D eigenvalue weighted by atomic mass is 16.6. The van der Waals surface area contributed by atoms with E-state index in [1.54, 1.807) is 12.1 Å². The number of hydrogen-bond acceptors (Lipinski definition) is 3. The van der Waals surface area contributed by atoms with Gasteiger partial charge in [0, 0.05) is 6.07 Å². The minimum atomic E-state index is 0.329. The van der Waals surface area contributed by atoms with Gasteiger partial charge < -0.3 is 9.15 Å². The first-order valence-corrected chi connectivity index (χ1v) is 6.98. The van der Waals surface area contributed by atoms with Gasteiger partial charge >= 0.3 is 0 Å². The van der Waals surface area contributed by atoms with Crippen LogP contribution in [0, 0.1) is 35.0 Å². The highest BCUT2D eigenvalue weighted by molar-refractivity contribution is 5.22. The maximum atomic E-state index is 8.76. The number of rotatable bonds is 2. The van der Waals surface area contributed by atoms with Crippen LogP contribution in [0.2, 0.25) is 0 Å². The van der Waals surface area contributed by atoms with Crippen LogP contribution < -0.4 is 4.74 Å². The Hall–Kier alpha value is -1.43. The van der Waals surface area contributed by atoms with Crippen molar-refractivity contribution in [2.24, 2.45) is 23.7 Å². The normalized spacial score (nSPS) is 40.7. The monoisotopic (exact) mass is 243 g/mol. The van der Waals surface area contributed by atoms with Crippen LogP contribution in [0.4, 0.5) is 0 Å². The SMILES string of the molecule is N#Cc1ccc(OC2C3CC4CC(C3)CC2C4)o1. The fraction of sp³-hybridized carbons (Fsp3) is 0.667. The standard InChI is InChI=1S/C15H17NO2/c16-8-13-1-2-14(17-13)18-15-11-4-9-3-10(6-11)7-12(15)5-9/h1-2,9-12,15H,3-7H2. The number of furan rings is 1. The van der Waals surface area contributed by atoms with Crippen molar-refractivity contribution in [3.8, 4) is 12.0 Å². The van der Waals surface area contributed by atoms with E-state index < -0.39 is 0 Å². The average Bonchev–Trinajstić information content (AvgIpc) is 2.80. The van der Waals surface area contributed by atoms with Crippen LogP contribution in [0.1, 0.15) is 37.9 Å². The van der Waals surface area contributed by atoms with Crippen molar-refractivity contribution < 1.29 is 9.15 Å². The molecule has 0 radical (unpaired) electrons. The lowest BCUT2D eigenvalue weighted by Gasteiger charge is -2.53. The van der Waals surface area contributed by atoms with Gasteiger partial charge in [0.2, 0.25) is 5.76 Å². The lowest BCUT2D eigenvalue weighted by Crippen LogP contribution is -2.50. The molecule has 3 heteroatoms.